The lowest BCUT2D eigenvalue weighted by Crippen LogP contribution is -2.46. The van der Waals surface area contributed by atoms with Crippen molar-refractivity contribution in [2.24, 2.45) is 0 Å². The van der Waals surface area contributed by atoms with Gasteiger partial charge in [0.1, 0.15) is 22.5 Å². The molecule has 2 N–H and O–H groups in total. The molecule has 3 amide bonds. The molecule has 2 aliphatic rings. The van der Waals surface area contributed by atoms with Crippen LogP contribution in [0.2, 0.25) is 0 Å². The van der Waals surface area contributed by atoms with E-state index in [2.05, 4.69) is 31.9 Å². The molecule has 27 heavy (non-hydrogen) atoms. The van der Waals surface area contributed by atoms with E-state index >= 15 is 0 Å². The molecular formula is C16H14Br2N2O6S. The number of hydrogen-bond acceptors (Lipinski definition) is 7. The van der Waals surface area contributed by atoms with E-state index in [1.807, 2.05) is 0 Å². The van der Waals surface area contributed by atoms with Crippen LogP contribution in [0.3, 0.4) is 0 Å². The van der Waals surface area contributed by atoms with Gasteiger partial charge in [0, 0.05) is 18.7 Å². The third kappa shape index (κ3) is 4.15. The predicted molar refractivity (Wildman–Crippen MR) is 105 cm³/mol. The van der Waals surface area contributed by atoms with Crippen LogP contribution in [-0.4, -0.2) is 69.9 Å². The highest BCUT2D eigenvalue weighted by molar-refractivity contribution is 9.11. The zero-order chi connectivity index (χ0) is 19.7. The van der Waals surface area contributed by atoms with Gasteiger partial charge < -0.3 is 19.8 Å². The molecule has 0 spiro atoms. The van der Waals surface area contributed by atoms with Crippen LogP contribution in [0.25, 0.3) is 6.08 Å². The molecule has 0 atom stereocenters. The highest BCUT2D eigenvalue weighted by atomic mass is 79.9. The Morgan fingerprint density at radius 2 is 1.89 bits per heavy atom. The molecule has 1 aromatic rings. The van der Waals surface area contributed by atoms with E-state index in [0.717, 1.165) is 4.90 Å². The van der Waals surface area contributed by atoms with Crippen molar-refractivity contribution in [2.45, 2.75) is 0 Å². The van der Waals surface area contributed by atoms with E-state index in [-0.39, 0.29) is 38.9 Å². The van der Waals surface area contributed by atoms with Crippen LogP contribution in [0, 0.1) is 0 Å². The first-order valence-corrected chi connectivity index (χ1v) is 10.2. The molecule has 11 heteroatoms. The normalized spacial score (nSPS) is 19.3. The number of aromatic hydroxyl groups is 2. The van der Waals surface area contributed by atoms with Gasteiger partial charge in [-0.2, -0.15) is 0 Å². The minimum absolute atomic E-state index is 0.0600. The van der Waals surface area contributed by atoms with Gasteiger partial charge in [-0.15, -0.1) is 0 Å². The number of morpholine rings is 1. The quantitative estimate of drug-likeness (QED) is 0.588. The zero-order valence-corrected chi connectivity index (χ0v) is 17.8. The Kier molecular flexibility index (Phi) is 6.14. The fourth-order valence-corrected chi connectivity index (χ4v) is 4.54. The summed E-state index contributed by atoms with van der Waals surface area (Å²) in [6, 6.07) is 1.42. The molecule has 8 nitrogen and oxygen atoms in total. The largest absolute Gasteiger partial charge is 0.506 e. The summed E-state index contributed by atoms with van der Waals surface area (Å²) < 4.78 is 5.55. The second kappa shape index (κ2) is 8.21. The Morgan fingerprint density at radius 1 is 1.22 bits per heavy atom. The summed E-state index contributed by atoms with van der Waals surface area (Å²) in [5.41, 5.74) is 0.233. The minimum atomic E-state index is -0.605. The molecule has 2 heterocycles. The summed E-state index contributed by atoms with van der Waals surface area (Å²) in [5, 5.41) is 19.4. The summed E-state index contributed by atoms with van der Waals surface area (Å²) in [7, 11) is 0. The molecule has 0 aromatic heterocycles. The smallest absolute Gasteiger partial charge is 0.294 e. The summed E-state index contributed by atoms with van der Waals surface area (Å²) in [6.45, 7) is 1.37. The number of carbonyl (C=O) groups is 3. The second-order valence-electron chi connectivity index (χ2n) is 5.72. The van der Waals surface area contributed by atoms with Gasteiger partial charge in [0.2, 0.25) is 5.91 Å². The van der Waals surface area contributed by atoms with Gasteiger partial charge in [0.05, 0.1) is 22.6 Å². The first-order valence-electron chi connectivity index (χ1n) is 7.80. The van der Waals surface area contributed by atoms with Gasteiger partial charge in [0.15, 0.2) is 0 Å². The lowest BCUT2D eigenvalue weighted by Gasteiger charge is -2.28. The number of phenols is 2. The third-order valence-corrected chi connectivity index (χ3v) is 6.28. The average Bonchev–Trinajstić information content (AvgIpc) is 2.92. The molecule has 2 saturated heterocycles. The van der Waals surface area contributed by atoms with E-state index < -0.39 is 11.1 Å². The highest BCUT2D eigenvalue weighted by Gasteiger charge is 2.37. The van der Waals surface area contributed by atoms with Crippen molar-refractivity contribution < 1.29 is 29.3 Å². The van der Waals surface area contributed by atoms with Crippen LogP contribution < -0.4 is 0 Å². The Hall–Kier alpha value is -1.56. The number of benzene rings is 1. The third-order valence-electron chi connectivity index (χ3n) is 4.02. The van der Waals surface area contributed by atoms with Gasteiger partial charge in [0.25, 0.3) is 11.1 Å². The summed E-state index contributed by atoms with van der Waals surface area (Å²) in [6.07, 6.45) is 1.34. The van der Waals surface area contributed by atoms with Crippen LogP contribution >= 0.6 is 43.6 Å². The topological polar surface area (TPSA) is 107 Å². The zero-order valence-electron chi connectivity index (χ0n) is 13.8. The van der Waals surface area contributed by atoms with E-state index in [1.165, 1.54) is 12.1 Å². The van der Waals surface area contributed by atoms with Crippen molar-refractivity contribution >= 4 is 66.8 Å². The first kappa shape index (κ1) is 20.2. The van der Waals surface area contributed by atoms with E-state index in [1.54, 1.807) is 4.90 Å². The van der Waals surface area contributed by atoms with Crippen LogP contribution in [0.1, 0.15) is 5.56 Å². The van der Waals surface area contributed by atoms with E-state index in [9.17, 15) is 24.6 Å². The Labute approximate surface area is 175 Å². The number of phenolic OH excluding ortho intramolecular Hbond substituents is 2. The standard InChI is InChI=1S/C16H14Br2N2O6S/c17-9-5-8(13(22)12(18)14(9)23)6-10-15(24)20(16(25)27-10)7-11(21)19-1-3-26-4-2-19/h5-6,22-23H,1-4,7H2/b10-6-. The van der Waals surface area contributed by atoms with Crippen molar-refractivity contribution in [3.63, 3.8) is 0 Å². The molecule has 0 unspecified atom stereocenters. The summed E-state index contributed by atoms with van der Waals surface area (Å²) in [5.74, 6) is -1.38. The van der Waals surface area contributed by atoms with Gasteiger partial charge in [-0.25, -0.2) is 0 Å². The van der Waals surface area contributed by atoms with Crippen molar-refractivity contribution in [3.05, 3.63) is 25.5 Å². The Morgan fingerprint density at radius 3 is 2.56 bits per heavy atom. The molecule has 0 radical (unpaired) electrons. The Bertz CT molecular complexity index is 854. The average molecular weight is 522 g/mol. The van der Waals surface area contributed by atoms with Crippen molar-refractivity contribution in [1.82, 2.24) is 9.80 Å². The molecule has 2 fully saturated rings. The van der Waals surface area contributed by atoms with Crippen LogP contribution in [0.5, 0.6) is 11.5 Å². The molecule has 2 aliphatic heterocycles. The minimum Gasteiger partial charge on any atom is -0.506 e. The lowest BCUT2D eigenvalue weighted by molar-refractivity contribution is -0.139. The summed E-state index contributed by atoms with van der Waals surface area (Å²) in [4.78, 5) is 39.6. The van der Waals surface area contributed by atoms with Crippen molar-refractivity contribution in [3.8, 4) is 11.5 Å². The van der Waals surface area contributed by atoms with Crippen molar-refractivity contribution in [1.29, 1.82) is 0 Å². The number of hydrogen-bond donors (Lipinski definition) is 2. The van der Waals surface area contributed by atoms with Gasteiger partial charge in [-0.3, -0.25) is 19.3 Å². The lowest BCUT2D eigenvalue weighted by atomic mass is 10.1. The van der Waals surface area contributed by atoms with E-state index in [0.29, 0.717) is 42.5 Å². The monoisotopic (exact) mass is 520 g/mol. The predicted octanol–water partition coefficient (Wildman–Crippen LogP) is 2.52. The number of ether oxygens (including phenoxy) is 1. The van der Waals surface area contributed by atoms with Crippen molar-refractivity contribution in [2.75, 3.05) is 32.8 Å². The molecule has 3 rings (SSSR count). The van der Waals surface area contributed by atoms with Crippen LogP contribution in [-0.2, 0) is 14.3 Å². The number of rotatable bonds is 3. The molecule has 0 bridgehead atoms. The number of nitrogens with zero attached hydrogens (tertiary/aromatic N) is 2. The number of imide groups is 1. The molecular weight excluding hydrogens is 508 g/mol. The maximum absolute atomic E-state index is 12.6. The second-order valence-corrected chi connectivity index (χ2v) is 8.36. The highest BCUT2D eigenvalue weighted by Crippen LogP contribution is 2.43. The SMILES string of the molecule is O=C(CN1C(=O)S/C(=C\c2cc(Br)c(O)c(Br)c2O)C1=O)N1CCOCC1. The number of amides is 3. The summed E-state index contributed by atoms with van der Waals surface area (Å²) >= 11 is 6.89. The fraction of sp³-hybridized carbons (Fsp3) is 0.312. The molecule has 0 saturated carbocycles. The number of halogens is 2. The van der Waals surface area contributed by atoms with Gasteiger partial charge in [-0.05, 0) is 55.8 Å². The molecule has 144 valence electrons. The van der Waals surface area contributed by atoms with Gasteiger partial charge >= 0.3 is 0 Å². The number of thioether (sulfide) groups is 1. The molecule has 1 aromatic carbocycles. The Balaban J connectivity index is 1.80. The maximum atomic E-state index is 12.6. The fourth-order valence-electron chi connectivity index (χ4n) is 2.55. The maximum Gasteiger partial charge on any atom is 0.294 e. The van der Waals surface area contributed by atoms with Gasteiger partial charge in [-0.1, -0.05) is 0 Å². The van der Waals surface area contributed by atoms with Crippen LogP contribution in [0.4, 0.5) is 4.79 Å². The molecule has 0 aliphatic carbocycles. The number of carbonyl (C=O) groups excluding carboxylic acids is 3. The van der Waals surface area contributed by atoms with Crippen LogP contribution in [0.15, 0.2) is 19.9 Å². The first-order chi connectivity index (χ1) is 12.8. The van der Waals surface area contributed by atoms with E-state index in [4.69, 9.17) is 4.74 Å².